The highest BCUT2D eigenvalue weighted by Crippen LogP contribution is 2.35. The number of methoxy groups -OCH3 is 1. The molecule has 0 aliphatic carbocycles. The molecule has 0 aromatic heterocycles. The van der Waals surface area contributed by atoms with Crippen LogP contribution in [0.15, 0.2) is 46.9 Å². The van der Waals surface area contributed by atoms with Crippen LogP contribution < -0.4 is 10.1 Å². The van der Waals surface area contributed by atoms with Crippen molar-refractivity contribution in [1.82, 2.24) is 0 Å². The van der Waals surface area contributed by atoms with Gasteiger partial charge in [-0.1, -0.05) is 28.1 Å². The third kappa shape index (κ3) is 2.34. The van der Waals surface area contributed by atoms with E-state index in [1.807, 2.05) is 48.5 Å². The Hall–Kier alpha value is -2.07. The molecule has 1 N–H and O–H groups in total. The first-order chi connectivity index (χ1) is 9.67. The number of rotatable bonds is 2. The number of hydrogen-bond acceptors (Lipinski definition) is 2. The molecule has 4 heteroatoms. The van der Waals surface area contributed by atoms with Gasteiger partial charge in [-0.2, -0.15) is 0 Å². The Balaban J connectivity index is 2.03. The minimum atomic E-state index is -0.0751. The second-order valence-corrected chi connectivity index (χ2v) is 5.39. The summed E-state index contributed by atoms with van der Waals surface area (Å²) in [4.78, 5) is 12.1. The predicted octanol–water partition coefficient (Wildman–Crippen LogP) is 3.95. The van der Waals surface area contributed by atoms with Crippen molar-refractivity contribution >= 4 is 39.2 Å². The maximum atomic E-state index is 12.1. The van der Waals surface area contributed by atoms with Gasteiger partial charge in [0, 0.05) is 21.3 Å². The molecular weight excluding hydrogens is 318 g/mol. The molecule has 0 bridgehead atoms. The van der Waals surface area contributed by atoms with E-state index < -0.39 is 0 Å². The van der Waals surface area contributed by atoms with Crippen molar-refractivity contribution in [2.75, 3.05) is 12.4 Å². The van der Waals surface area contributed by atoms with E-state index >= 15 is 0 Å². The van der Waals surface area contributed by atoms with Crippen molar-refractivity contribution in [3.8, 4) is 5.75 Å². The van der Waals surface area contributed by atoms with Gasteiger partial charge in [-0.25, -0.2) is 0 Å². The van der Waals surface area contributed by atoms with E-state index in [1.165, 1.54) is 0 Å². The molecule has 1 aliphatic rings. The summed E-state index contributed by atoms with van der Waals surface area (Å²) >= 11 is 3.43. The standard InChI is InChI=1S/C16H12BrNO2/c1-20-12-5-2-10(3-6-12)8-14-13-9-11(17)4-7-15(13)18-16(14)19/h2-9H,1H3,(H,18,19)/b14-8-. The average Bonchev–Trinajstić information content (AvgIpc) is 2.76. The molecule has 0 radical (unpaired) electrons. The first-order valence-corrected chi connectivity index (χ1v) is 6.94. The second kappa shape index (κ2) is 5.13. The first kappa shape index (κ1) is 12.9. The predicted molar refractivity (Wildman–Crippen MR) is 83.6 cm³/mol. The van der Waals surface area contributed by atoms with Crippen LogP contribution in [-0.2, 0) is 4.79 Å². The van der Waals surface area contributed by atoms with Crippen molar-refractivity contribution in [3.63, 3.8) is 0 Å². The number of amides is 1. The van der Waals surface area contributed by atoms with Gasteiger partial charge in [-0.15, -0.1) is 0 Å². The zero-order chi connectivity index (χ0) is 14.1. The van der Waals surface area contributed by atoms with Gasteiger partial charge < -0.3 is 10.1 Å². The molecule has 2 aromatic rings. The maximum absolute atomic E-state index is 12.1. The van der Waals surface area contributed by atoms with E-state index in [1.54, 1.807) is 7.11 Å². The Bertz CT molecular complexity index is 705. The van der Waals surface area contributed by atoms with Crippen molar-refractivity contribution in [1.29, 1.82) is 0 Å². The van der Waals surface area contributed by atoms with Gasteiger partial charge in [0.2, 0.25) is 0 Å². The number of carbonyl (C=O) groups excluding carboxylic acids is 1. The molecule has 1 heterocycles. The van der Waals surface area contributed by atoms with Gasteiger partial charge in [0.15, 0.2) is 0 Å². The quantitative estimate of drug-likeness (QED) is 0.847. The smallest absolute Gasteiger partial charge is 0.256 e. The third-order valence-electron chi connectivity index (χ3n) is 3.19. The lowest BCUT2D eigenvalue weighted by molar-refractivity contribution is -0.110. The number of nitrogens with one attached hydrogen (secondary N) is 1. The lowest BCUT2D eigenvalue weighted by Gasteiger charge is -2.01. The van der Waals surface area contributed by atoms with Gasteiger partial charge in [-0.05, 0) is 42.0 Å². The summed E-state index contributed by atoms with van der Waals surface area (Å²) < 4.78 is 6.08. The number of ether oxygens (including phenoxy) is 1. The van der Waals surface area contributed by atoms with Gasteiger partial charge in [0.05, 0.1) is 7.11 Å². The Kier molecular flexibility index (Phi) is 3.32. The van der Waals surface area contributed by atoms with Gasteiger partial charge >= 0.3 is 0 Å². The minimum Gasteiger partial charge on any atom is -0.497 e. The molecule has 0 unspecified atom stereocenters. The van der Waals surface area contributed by atoms with Crippen LogP contribution >= 0.6 is 15.9 Å². The normalized spacial score (nSPS) is 15.1. The largest absolute Gasteiger partial charge is 0.497 e. The summed E-state index contributed by atoms with van der Waals surface area (Å²) in [5, 5.41) is 2.86. The van der Waals surface area contributed by atoms with Crippen LogP contribution in [0.2, 0.25) is 0 Å². The van der Waals surface area contributed by atoms with Gasteiger partial charge in [-0.3, -0.25) is 4.79 Å². The Morgan fingerprint density at radius 1 is 1.15 bits per heavy atom. The van der Waals surface area contributed by atoms with Crippen LogP contribution in [0.5, 0.6) is 5.75 Å². The molecular formula is C16H12BrNO2. The summed E-state index contributed by atoms with van der Waals surface area (Å²) in [6.07, 6.45) is 1.88. The van der Waals surface area contributed by atoms with E-state index in [0.717, 1.165) is 27.0 Å². The molecule has 3 nitrogen and oxygen atoms in total. The lowest BCUT2D eigenvalue weighted by Crippen LogP contribution is -2.03. The topological polar surface area (TPSA) is 38.3 Å². The van der Waals surface area contributed by atoms with Gasteiger partial charge in [0.1, 0.15) is 5.75 Å². The van der Waals surface area contributed by atoms with E-state index in [2.05, 4.69) is 21.2 Å². The van der Waals surface area contributed by atoms with E-state index in [0.29, 0.717) is 5.57 Å². The second-order valence-electron chi connectivity index (χ2n) is 4.48. The summed E-state index contributed by atoms with van der Waals surface area (Å²) in [6, 6.07) is 13.4. The zero-order valence-electron chi connectivity index (χ0n) is 10.8. The van der Waals surface area contributed by atoms with Crippen LogP contribution in [0.4, 0.5) is 5.69 Å². The molecule has 0 saturated heterocycles. The Labute approximate surface area is 125 Å². The SMILES string of the molecule is COc1ccc(/C=C2\C(=O)Nc3ccc(Br)cc32)cc1. The van der Waals surface area contributed by atoms with E-state index in [4.69, 9.17) is 4.74 Å². The molecule has 0 atom stereocenters. The maximum Gasteiger partial charge on any atom is 0.256 e. The average molecular weight is 330 g/mol. The molecule has 3 rings (SSSR count). The minimum absolute atomic E-state index is 0.0751. The zero-order valence-corrected chi connectivity index (χ0v) is 12.4. The van der Waals surface area contributed by atoms with Crippen LogP contribution in [0.3, 0.4) is 0 Å². The Morgan fingerprint density at radius 3 is 2.60 bits per heavy atom. The van der Waals surface area contributed by atoms with Crippen molar-refractivity contribution < 1.29 is 9.53 Å². The van der Waals surface area contributed by atoms with Crippen molar-refractivity contribution in [2.45, 2.75) is 0 Å². The number of halogens is 1. The fraction of sp³-hybridized carbons (Fsp3) is 0.0625. The van der Waals surface area contributed by atoms with Crippen LogP contribution in [0.1, 0.15) is 11.1 Å². The van der Waals surface area contributed by atoms with Crippen molar-refractivity contribution in [3.05, 3.63) is 58.1 Å². The number of benzene rings is 2. The molecule has 0 spiro atoms. The van der Waals surface area contributed by atoms with Crippen LogP contribution in [0.25, 0.3) is 11.6 Å². The fourth-order valence-electron chi connectivity index (χ4n) is 2.17. The highest BCUT2D eigenvalue weighted by molar-refractivity contribution is 9.10. The van der Waals surface area contributed by atoms with E-state index in [-0.39, 0.29) is 5.91 Å². The molecule has 2 aromatic carbocycles. The molecule has 20 heavy (non-hydrogen) atoms. The molecule has 100 valence electrons. The van der Waals surface area contributed by atoms with Gasteiger partial charge in [0.25, 0.3) is 5.91 Å². The highest BCUT2D eigenvalue weighted by Gasteiger charge is 2.23. The van der Waals surface area contributed by atoms with Crippen LogP contribution in [0, 0.1) is 0 Å². The molecule has 1 aliphatic heterocycles. The summed E-state index contributed by atoms with van der Waals surface area (Å²) in [7, 11) is 1.63. The molecule has 0 saturated carbocycles. The number of hydrogen-bond donors (Lipinski definition) is 1. The molecule has 1 amide bonds. The summed E-state index contributed by atoms with van der Waals surface area (Å²) in [5.74, 6) is 0.722. The third-order valence-corrected chi connectivity index (χ3v) is 3.68. The molecule has 0 fully saturated rings. The first-order valence-electron chi connectivity index (χ1n) is 6.14. The number of fused-ring (bicyclic) bond motifs is 1. The highest BCUT2D eigenvalue weighted by atomic mass is 79.9. The Morgan fingerprint density at radius 2 is 1.90 bits per heavy atom. The van der Waals surface area contributed by atoms with E-state index in [9.17, 15) is 4.79 Å². The lowest BCUT2D eigenvalue weighted by atomic mass is 10.0. The number of anilines is 1. The number of carbonyl (C=O) groups is 1. The van der Waals surface area contributed by atoms with Crippen LogP contribution in [-0.4, -0.2) is 13.0 Å². The van der Waals surface area contributed by atoms with Crippen molar-refractivity contribution in [2.24, 2.45) is 0 Å². The monoisotopic (exact) mass is 329 g/mol. The summed E-state index contributed by atoms with van der Waals surface area (Å²) in [6.45, 7) is 0. The fourth-order valence-corrected chi connectivity index (χ4v) is 2.53. The summed E-state index contributed by atoms with van der Waals surface area (Å²) in [5.41, 5.74) is 3.40.